The van der Waals surface area contributed by atoms with Gasteiger partial charge >= 0.3 is 5.97 Å². The molecule has 1 aromatic carbocycles. The van der Waals surface area contributed by atoms with E-state index >= 15 is 0 Å². The third-order valence-corrected chi connectivity index (χ3v) is 2.91. The highest BCUT2D eigenvalue weighted by molar-refractivity contribution is 9.10. The van der Waals surface area contributed by atoms with Crippen molar-refractivity contribution < 1.29 is 9.53 Å². The van der Waals surface area contributed by atoms with Crippen LogP contribution in [-0.2, 0) is 4.74 Å². The Morgan fingerprint density at radius 3 is 2.82 bits per heavy atom. The fourth-order valence-electron chi connectivity index (χ4n) is 1.70. The molecule has 0 saturated heterocycles. The van der Waals surface area contributed by atoms with Crippen LogP contribution in [0.25, 0.3) is 10.9 Å². The smallest absolute Gasteiger partial charge is 0.338 e. The molecule has 17 heavy (non-hydrogen) atoms. The van der Waals surface area contributed by atoms with Crippen LogP contribution in [0.5, 0.6) is 0 Å². The highest BCUT2D eigenvalue weighted by Crippen LogP contribution is 2.23. The predicted octanol–water partition coefficient (Wildman–Crippen LogP) is 3.05. The summed E-state index contributed by atoms with van der Waals surface area (Å²) in [6.45, 7) is 1.85. The summed E-state index contributed by atoms with van der Waals surface area (Å²) in [4.78, 5) is 16.1. The monoisotopic (exact) mass is 294 g/mol. The number of benzene rings is 1. The fraction of sp³-hybridized carbons (Fsp3) is 0.167. The molecule has 0 aliphatic heterocycles. The zero-order valence-corrected chi connectivity index (χ0v) is 11.0. The number of carbonyl (C=O) groups excluding carboxylic acids is 1. The van der Waals surface area contributed by atoms with Gasteiger partial charge in [-0.25, -0.2) is 4.79 Å². The molecule has 5 heteroatoms. The quantitative estimate of drug-likeness (QED) is 0.683. The van der Waals surface area contributed by atoms with Crippen molar-refractivity contribution in [2.45, 2.75) is 6.92 Å². The molecule has 0 saturated carbocycles. The van der Waals surface area contributed by atoms with Gasteiger partial charge in [-0.05, 0) is 31.2 Å². The van der Waals surface area contributed by atoms with E-state index in [1.54, 1.807) is 6.07 Å². The normalized spacial score (nSPS) is 10.3. The zero-order valence-electron chi connectivity index (χ0n) is 9.45. The largest absolute Gasteiger partial charge is 0.465 e. The van der Waals surface area contributed by atoms with Gasteiger partial charge in [0.15, 0.2) is 0 Å². The van der Waals surface area contributed by atoms with Crippen molar-refractivity contribution in [2.75, 3.05) is 11.5 Å². The number of hydrogen-bond acceptors (Lipinski definition) is 4. The predicted molar refractivity (Wildman–Crippen MR) is 70.4 cm³/mol. The van der Waals surface area contributed by atoms with E-state index in [0.717, 1.165) is 22.3 Å². The zero-order chi connectivity index (χ0) is 12.4. The van der Waals surface area contributed by atoms with Crippen LogP contribution in [0.2, 0.25) is 0 Å². The van der Waals surface area contributed by atoms with Crippen molar-refractivity contribution in [1.82, 2.24) is 4.98 Å². The number of hydrogen-bond donors (Lipinski definition) is 1. The molecule has 0 amide bonds. The van der Waals surface area contributed by atoms with Crippen molar-refractivity contribution >= 4 is 38.7 Å². The van der Waals surface area contributed by atoms with Gasteiger partial charge in [-0.1, -0.05) is 0 Å². The number of rotatable bonds is 2. The first kappa shape index (κ1) is 11.9. The molecule has 0 aliphatic carbocycles. The lowest BCUT2D eigenvalue weighted by atomic mass is 10.1. The summed E-state index contributed by atoms with van der Waals surface area (Å²) in [5.74, 6) is -0.354. The van der Waals surface area contributed by atoms with Crippen LogP contribution in [0.3, 0.4) is 0 Å². The number of aromatic nitrogens is 1. The number of anilines is 1. The van der Waals surface area contributed by atoms with Crippen LogP contribution < -0.4 is 4.34 Å². The van der Waals surface area contributed by atoms with E-state index in [1.807, 2.05) is 25.1 Å². The van der Waals surface area contributed by atoms with Gasteiger partial charge in [-0.3, -0.25) is 4.98 Å². The number of nitrogens with zero attached hydrogens (tertiary/aromatic N) is 1. The molecule has 0 fully saturated rings. The van der Waals surface area contributed by atoms with Gasteiger partial charge in [-0.2, -0.15) is 0 Å². The second-order valence-corrected chi connectivity index (χ2v) is 4.03. The van der Waals surface area contributed by atoms with Crippen LogP contribution in [0, 0.1) is 6.92 Å². The molecule has 0 aliphatic rings. The molecule has 0 unspecified atom stereocenters. The molecule has 2 aromatic rings. The molecule has 0 bridgehead atoms. The number of pyridine rings is 1. The van der Waals surface area contributed by atoms with Crippen molar-refractivity contribution in [3.05, 3.63) is 35.5 Å². The molecular formula is C12H11BrN2O2. The number of nitrogens with one attached hydrogen (secondary N) is 1. The SMILES string of the molecule is COC(=O)c1cc(C)nc2ccc(NBr)cc12. The minimum absolute atomic E-state index is 0.354. The topological polar surface area (TPSA) is 51.2 Å². The molecule has 1 N–H and O–H groups in total. The van der Waals surface area contributed by atoms with E-state index < -0.39 is 0 Å². The molecule has 0 spiro atoms. The van der Waals surface area contributed by atoms with Gasteiger partial charge < -0.3 is 9.08 Å². The van der Waals surface area contributed by atoms with Crippen LogP contribution in [-0.4, -0.2) is 18.1 Å². The highest BCUT2D eigenvalue weighted by Gasteiger charge is 2.12. The molecule has 88 valence electrons. The van der Waals surface area contributed by atoms with Gasteiger partial charge in [0, 0.05) is 32.9 Å². The third-order valence-electron chi connectivity index (χ3n) is 2.45. The van der Waals surface area contributed by atoms with E-state index in [9.17, 15) is 4.79 Å². The second kappa shape index (κ2) is 4.71. The molecule has 4 nitrogen and oxygen atoms in total. The molecule has 0 radical (unpaired) electrons. The maximum atomic E-state index is 11.7. The van der Waals surface area contributed by atoms with Crippen LogP contribution >= 0.6 is 16.1 Å². The van der Waals surface area contributed by atoms with E-state index in [0.29, 0.717) is 5.56 Å². The molecular weight excluding hydrogens is 284 g/mol. The van der Waals surface area contributed by atoms with E-state index in [2.05, 4.69) is 25.5 Å². The fourth-order valence-corrected chi connectivity index (χ4v) is 1.94. The average Bonchev–Trinajstić information content (AvgIpc) is 2.36. The molecule has 1 aromatic heterocycles. The van der Waals surface area contributed by atoms with Crippen molar-refractivity contribution in [1.29, 1.82) is 0 Å². The summed E-state index contributed by atoms with van der Waals surface area (Å²) in [6.07, 6.45) is 0. The lowest BCUT2D eigenvalue weighted by molar-refractivity contribution is 0.0603. The third kappa shape index (κ3) is 2.24. The Morgan fingerprint density at radius 2 is 2.18 bits per heavy atom. The van der Waals surface area contributed by atoms with Gasteiger partial charge in [0.1, 0.15) is 0 Å². The average molecular weight is 295 g/mol. The first-order valence-electron chi connectivity index (χ1n) is 5.02. The lowest BCUT2D eigenvalue weighted by Crippen LogP contribution is -2.04. The van der Waals surface area contributed by atoms with Gasteiger partial charge in [0.2, 0.25) is 0 Å². The number of ether oxygens (including phenoxy) is 1. The Kier molecular flexibility index (Phi) is 3.28. The summed E-state index contributed by atoms with van der Waals surface area (Å²) < 4.78 is 7.62. The minimum Gasteiger partial charge on any atom is -0.465 e. The number of aryl methyl sites for hydroxylation is 1. The lowest BCUT2D eigenvalue weighted by Gasteiger charge is -2.07. The van der Waals surface area contributed by atoms with E-state index in [4.69, 9.17) is 4.74 Å². The number of fused-ring (bicyclic) bond motifs is 1. The van der Waals surface area contributed by atoms with Crippen molar-refractivity contribution in [3.63, 3.8) is 0 Å². The Hall–Kier alpha value is -1.62. The molecule has 0 atom stereocenters. The molecule has 2 rings (SSSR count). The van der Waals surface area contributed by atoms with Gasteiger partial charge in [0.05, 0.1) is 18.2 Å². The van der Waals surface area contributed by atoms with Crippen LogP contribution in [0.4, 0.5) is 5.69 Å². The van der Waals surface area contributed by atoms with Crippen LogP contribution in [0.1, 0.15) is 16.1 Å². The van der Waals surface area contributed by atoms with Crippen molar-refractivity contribution in [2.24, 2.45) is 0 Å². The first-order valence-corrected chi connectivity index (χ1v) is 5.81. The number of esters is 1. The van der Waals surface area contributed by atoms with Crippen LogP contribution in [0.15, 0.2) is 24.3 Å². The Bertz CT molecular complexity index is 584. The summed E-state index contributed by atoms with van der Waals surface area (Å²) in [6, 6.07) is 7.32. The first-order chi connectivity index (χ1) is 8.15. The summed E-state index contributed by atoms with van der Waals surface area (Å²) in [5.41, 5.74) is 2.95. The number of halogens is 1. The van der Waals surface area contributed by atoms with Gasteiger partial charge in [-0.15, -0.1) is 0 Å². The Balaban J connectivity index is 2.74. The molecule has 1 heterocycles. The maximum absolute atomic E-state index is 11.7. The summed E-state index contributed by atoms with van der Waals surface area (Å²) >= 11 is 3.15. The van der Waals surface area contributed by atoms with E-state index in [-0.39, 0.29) is 5.97 Å². The Labute approximate surface area is 107 Å². The number of carbonyl (C=O) groups is 1. The summed E-state index contributed by atoms with van der Waals surface area (Å²) in [7, 11) is 1.37. The van der Waals surface area contributed by atoms with E-state index in [1.165, 1.54) is 7.11 Å². The second-order valence-electron chi connectivity index (χ2n) is 3.63. The number of methoxy groups -OCH3 is 1. The highest BCUT2D eigenvalue weighted by atomic mass is 79.9. The van der Waals surface area contributed by atoms with Crippen molar-refractivity contribution in [3.8, 4) is 0 Å². The summed E-state index contributed by atoms with van der Waals surface area (Å²) in [5, 5.41) is 0.770. The Morgan fingerprint density at radius 1 is 1.41 bits per heavy atom. The standard InChI is InChI=1S/C12H11BrN2O2/c1-7-5-10(12(16)17-2)9-6-8(15-13)3-4-11(9)14-7/h3-6,15H,1-2H3. The maximum Gasteiger partial charge on any atom is 0.338 e. The van der Waals surface area contributed by atoms with Gasteiger partial charge in [0.25, 0.3) is 0 Å². The minimum atomic E-state index is -0.354.